The van der Waals surface area contributed by atoms with Gasteiger partial charge in [0.1, 0.15) is 5.75 Å². The summed E-state index contributed by atoms with van der Waals surface area (Å²) in [5.41, 5.74) is 8.47. The Hall–Kier alpha value is -1.39. The summed E-state index contributed by atoms with van der Waals surface area (Å²) in [6.45, 7) is 0. The quantitative estimate of drug-likeness (QED) is 0.935. The summed E-state index contributed by atoms with van der Waals surface area (Å²) >= 11 is 1.81. The number of ether oxygens (including phenoxy) is 1. The number of nitrogens with two attached hydrogens (primary N) is 1. The van der Waals surface area contributed by atoms with Crippen molar-refractivity contribution in [1.82, 2.24) is 4.98 Å². The predicted molar refractivity (Wildman–Crippen MR) is 77.9 cm³/mol. The molecule has 3 rings (SSSR count). The van der Waals surface area contributed by atoms with Crippen molar-refractivity contribution in [3.8, 4) is 5.75 Å². The second kappa shape index (κ2) is 5.31. The highest BCUT2D eigenvalue weighted by Crippen LogP contribution is 2.29. The van der Waals surface area contributed by atoms with E-state index in [1.54, 1.807) is 18.4 Å². The van der Waals surface area contributed by atoms with Crippen molar-refractivity contribution < 1.29 is 4.74 Å². The Labute approximate surface area is 117 Å². The molecule has 4 heteroatoms. The molecule has 0 spiro atoms. The number of hydrogen-bond acceptors (Lipinski definition) is 4. The number of aryl methyl sites for hydroxylation is 1. The standard InChI is InChI=1S/C15H18N2OS/c1-18-13-5-3-2-4-10(13)8-15-17-12-7-6-11(16)9-14(12)19-15/h2-5,11H,6-9,16H2,1H3. The Bertz CT molecular complexity index is 579. The van der Waals surface area contributed by atoms with Gasteiger partial charge in [-0.1, -0.05) is 18.2 Å². The summed E-state index contributed by atoms with van der Waals surface area (Å²) in [7, 11) is 1.71. The number of aromatic nitrogens is 1. The van der Waals surface area contributed by atoms with Crippen LogP contribution in [0.3, 0.4) is 0 Å². The summed E-state index contributed by atoms with van der Waals surface area (Å²) in [6, 6.07) is 8.45. The number of rotatable bonds is 3. The number of benzene rings is 1. The fourth-order valence-electron chi connectivity index (χ4n) is 2.54. The van der Waals surface area contributed by atoms with E-state index in [1.165, 1.54) is 21.1 Å². The van der Waals surface area contributed by atoms with E-state index in [0.717, 1.165) is 31.4 Å². The molecule has 0 saturated heterocycles. The lowest BCUT2D eigenvalue weighted by Gasteiger charge is -2.15. The van der Waals surface area contributed by atoms with Crippen LogP contribution in [0.1, 0.15) is 27.6 Å². The smallest absolute Gasteiger partial charge is 0.122 e. The van der Waals surface area contributed by atoms with Gasteiger partial charge in [-0.25, -0.2) is 4.98 Å². The van der Waals surface area contributed by atoms with Gasteiger partial charge in [-0.3, -0.25) is 0 Å². The van der Waals surface area contributed by atoms with Crippen LogP contribution in [0.4, 0.5) is 0 Å². The van der Waals surface area contributed by atoms with Crippen molar-refractivity contribution in [2.75, 3.05) is 7.11 Å². The van der Waals surface area contributed by atoms with E-state index in [0.29, 0.717) is 6.04 Å². The summed E-state index contributed by atoms with van der Waals surface area (Å²) in [5.74, 6) is 0.937. The van der Waals surface area contributed by atoms with Crippen LogP contribution in [0.2, 0.25) is 0 Å². The van der Waals surface area contributed by atoms with Gasteiger partial charge >= 0.3 is 0 Å². The molecule has 0 bridgehead atoms. The van der Waals surface area contributed by atoms with E-state index in [4.69, 9.17) is 15.5 Å². The third kappa shape index (κ3) is 2.65. The summed E-state index contributed by atoms with van der Waals surface area (Å²) < 4.78 is 5.39. The Morgan fingerprint density at radius 1 is 1.42 bits per heavy atom. The lowest BCUT2D eigenvalue weighted by atomic mass is 9.99. The van der Waals surface area contributed by atoms with Crippen LogP contribution in [0, 0.1) is 0 Å². The number of methoxy groups -OCH3 is 1. The van der Waals surface area contributed by atoms with E-state index in [1.807, 2.05) is 18.2 Å². The van der Waals surface area contributed by atoms with Crippen LogP contribution in [0.5, 0.6) is 5.75 Å². The molecule has 0 saturated carbocycles. The second-order valence-corrected chi connectivity index (χ2v) is 6.14. The zero-order valence-electron chi connectivity index (χ0n) is 11.1. The van der Waals surface area contributed by atoms with Gasteiger partial charge in [0.15, 0.2) is 0 Å². The molecular formula is C15H18N2OS. The van der Waals surface area contributed by atoms with Gasteiger partial charge in [-0.15, -0.1) is 11.3 Å². The molecule has 3 nitrogen and oxygen atoms in total. The first kappa shape index (κ1) is 12.6. The summed E-state index contributed by atoms with van der Waals surface area (Å²) in [6.07, 6.45) is 3.92. The molecule has 1 unspecified atom stereocenters. The van der Waals surface area contributed by atoms with Crippen molar-refractivity contribution in [2.24, 2.45) is 5.73 Å². The molecule has 0 radical (unpaired) electrons. The minimum atomic E-state index is 0.312. The molecule has 1 aromatic heterocycles. The van der Waals surface area contributed by atoms with Crippen LogP contribution in [0.25, 0.3) is 0 Å². The van der Waals surface area contributed by atoms with E-state index < -0.39 is 0 Å². The van der Waals surface area contributed by atoms with Gasteiger partial charge in [0.05, 0.1) is 17.8 Å². The number of thiazole rings is 1. The third-order valence-corrected chi connectivity index (χ3v) is 4.68. The maximum absolute atomic E-state index is 6.02. The van der Waals surface area contributed by atoms with Gasteiger partial charge in [-0.2, -0.15) is 0 Å². The molecule has 1 atom stereocenters. The molecule has 1 heterocycles. The minimum Gasteiger partial charge on any atom is -0.496 e. The fraction of sp³-hybridized carbons (Fsp3) is 0.400. The van der Waals surface area contributed by atoms with E-state index in [2.05, 4.69) is 6.07 Å². The molecule has 1 aliphatic rings. The highest BCUT2D eigenvalue weighted by Gasteiger charge is 2.20. The first-order valence-electron chi connectivity index (χ1n) is 6.61. The maximum Gasteiger partial charge on any atom is 0.122 e. The Morgan fingerprint density at radius 2 is 2.26 bits per heavy atom. The molecule has 19 heavy (non-hydrogen) atoms. The third-order valence-electron chi connectivity index (χ3n) is 3.56. The van der Waals surface area contributed by atoms with Crippen molar-refractivity contribution in [2.45, 2.75) is 31.7 Å². The molecule has 1 aromatic carbocycles. The minimum absolute atomic E-state index is 0.312. The molecule has 0 amide bonds. The van der Waals surface area contributed by atoms with Gasteiger partial charge in [0.2, 0.25) is 0 Å². The van der Waals surface area contributed by atoms with Crippen molar-refractivity contribution in [1.29, 1.82) is 0 Å². The molecule has 100 valence electrons. The highest BCUT2D eigenvalue weighted by atomic mass is 32.1. The maximum atomic E-state index is 6.02. The van der Waals surface area contributed by atoms with Crippen molar-refractivity contribution >= 4 is 11.3 Å². The van der Waals surface area contributed by atoms with Gasteiger partial charge < -0.3 is 10.5 Å². The molecule has 2 N–H and O–H groups in total. The zero-order chi connectivity index (χ0) is 13.2. The summed E-state index contributed by atoms with van der Waals surface area (Å²) in [5, 5.41) is 1.17. The average Bonchev–Trinajstić information content (AvgIpc) is 2.80. The van der Waals surface area contributed by atoms with E-state index in [9.17, 15) is 0 Å². The number of para-hydroxylation sites is 1. The van der Waals surface area contributed by atoms with E-state index in [-0.39, 0.29) is 0 Å². The highest BCUT2D eigenvalue weighted by molar-refractivity contribution is 7.11. The largest absolute Gasteiger partial charge is 0.496 e. The first-order chi connectivity index (χ1) is 9.26. The van der Waals surface area contributed by atoms with Gasteiger partial charge in [0, 0.05) is 22.9 Å². The monoisotopic (exact) mass is 274 g/mol. The Kier molecular flexibility index (Phi) is 3.53. The molecule has 0 fully saturated rings. The van der Waals surface area contributed by atoms with Crippen molar-refractivity contribution in [3.63, 3.8) is 0 Å². The molecular weight excluding hydrogens is 256 g/mol. The van der Waals surface area contributed by atoms with Crippen LogP contribution in [0.15, 0.2) is 24.3 Å². The fourth-order valence-corrected chi connectivity index (χ4v) is 3.77. The van der Waals surface area contributed by atoms with Crippen LogP contribution >= 0.6 is 11.3 Å². The Balaban J connectivity index is 1.84. The first-order valence-corrected chi connectivity index (χ1v) is 7.43. The van der Waals surface area contributed by atoms with Crippen molar-refractivity contribution in [3.05, 3.63) is 45.4 Å². The molecule has 0 aliphatic heterocycles. The number of nitrogens with zero attached hydrogens (tertiary/aromatic N) is 1. The van der Waals surface area contributed by atoms with Gasteiger partial charge in [0.25, 0.3) is 0 Å². The lowest BCUT2D eigenvalue weighted by Crippen LogP contribution is -2.26. The van der Waals surface area contributed by atoms with Gasteiger partial charge in [-0.05, 0) is 25.3 Å². The van der Waals surface area contributed by atoms with Crippen LogP contribution in [-0.2, 0) is 19.3 Å². The van der Waals surface area contributed by atoms with Crippen LogP contribution < -0.4 is 10.5 Å². The lowest BCUT2D eigenvalue weighted by molar-refractivity contribution is 0.410. The van der Waals surface area contributed by atoms with E-state index >= 15 is 0 Å². The summed E-state index contributed by atoms with van der Waals surface area (Å²) in [4.78, 5) is 6.14. The predicted octanol–water partition coefficient (Wildman–Crippen LogP) is 2.56. The second-order valence-electron chi connectivity index (χ2n) is 4.97. The topological polar surface area (TPSA) is 48.1 Å². The zero-order valence-corrected chi connectivity index (χ0v) is 11.9. The average molecular weight is 274 g/mol. The molecule has 1 aliphatic carbocycles. The molecule has 2 aromatic rings. The normalized spacial score (nSPS) is 18.1. The SMILES string of the molecule is COc1ccccc1Cc1nc2c(s1)CC(N)CC2. The Morgan fingerprint density at radius 3 is 3.11 bits per heavy atom. The van der Waals surface area contributed by atoms with Crippen LogP contribution in [-0.4, -0.2) is 18.1 Å². The number of fused-ring (bicyclic) bond motifs is 1. The number of hydrogen-bond donors (Lipinski definition) is 1.